The summed E-state index contributed by atoms with van der Waals surface area (Å²) in [6, 6.07) is 15.4. The lowest BCUT2D eigenvalue weighted by Crippen LogP contribution is -2.27. The van der Waals surface area contributed by atoms with E-state index in [1.54, 1.807) is 0 Å². The Morgan fingerprint density at radius 2 is 1.72 bits per heavy atom. The van der Waals surface area contributed by atoms with Gasteiger partial charge in [-0.1, -0.05) is 18.2 Å². The van der Waals surface area contributed by atoms with Crippen molar-refractivity contribution in [1.82, 2.24) is 4.90 Å². The largest absolute Gasteiger partial charge is 0.456 e. The van der Waals surface area contributed by atoms with E-state index in [1.165, 1.54) is 56.8 Å². The summed E-state index contributed by atoms with van der Waals surface area (Å²) in [4.78, 5) is 4.64. The molecule has 0 radical (unpaired) electrons. The van der Waals surface area contributed by atoms with E-state index in [2.05, 4.69) is 54.3 Å². The summed E-state index contributed by atoms with van der Waals surface area (Å²) >= 11 is 1.84. The van der Waals surface area contributed by atoms with Crippen LogP contribution in [-0.4, -0.2) is 25.2 Å². The number of hydrogen-bond donors (Lipinski definition) is 0. The van der Waals surface area contributed by atoms with Gasteiger partial charge < -0.3 is 9.47 Å². The molecule has 1 atom stereocenters. The standard InChI is InChI=1S/C25H27NO2S/c1-16(26(2)3)27-15-19-14-21-20-10-6-7-11-23(20)28-24-13-18-9-5-4-8-17(18)12-22(24)25(21)29-19/h6-7,10-14,16H,4-5,8-9,15H2,1-3H3. The van der Waals surface area contributed by atoms with E-state index in [0.29, 0.717) is 6.61 Å². The van der Waals surface area contributed by atoms with Crippen molar-refractivity contribution in [2.24, 2.45) is 0 Å². The first-order valence-corrected chi connectivity index (χ1v) is 11.3. The van der Waals surface area contributed by atoms with Crippen molar-refractivity contribution in [3.63, 3.8) is 0 Å². The van der Waals surface area contributed by atoms with Gasteiger partial charge in [-0.25, -0.2) is 0 Å². The van der Waals surface area contributed by atoms with Crippen LogP contribution < -0.4 is 4.74 Å². The SMILES string of the molecule is CC(OCc1cc2c(s1)-c1cc3c(cc1Oc1ccccc1-2)CCCC3)N(C)C. The Hall–Kier alpha value is -2.14. The molecule has 0 saturated carbocycles. The summed E-state index contributed by atoms with van der Waals surface area (Å²) in [6.07, 6.45) is 4.98. The molecule has 0 bridgehead atoms. The van der Waals surface area contributed by atoms with E-state index in [-0.39, 0.29) is 6.23 Å². The van der Waals surface area contributed by atoms with Crippen molar-refractivity contribution in [3.8, 4) is 33.1 Å². The van der Waals surface area contributed by atoms with Crippen LogP contribution in [0.15, 0.2) is 42.5 Å². The third-order valence-electron chi connectivity index (χ3n) is 6.06. The number of benzene rings is 2. The van der Waals surface area contributed by atoms with Crippen molar-refractivity contribution in [3.05, 3.63) is 58.5 Å². The zero-order valence-corrected chi connectivity index (χ0v) is 18.1. The number of para-hydroxylation sites is 1. The number of ether oxygens (including phenoxy) is 2. The Balaban J connectivity index is 1.62. The Labute approximate surface area is 176 Å². The topological polar surface area (TPSA) is 21.7 Å². The molecule has 0 saturated heterocycles. The fourth-order valence-corrected chi connectivity index (χ4v) is 5.30. The highest BCUT2D eigenvalue weighted by atomic mass is 32.1. The molecule has 1 aliphatic heterocycles. The van der Waals surface area contributed by atoms with Crippen LogP contribution in [0.5, 0.6) is 11.5 Å². The molecule has 3 nitrogen and oxygen atoms in total. The number of thiophene rings is 1. The lowest BCUT2D eigenvalue weighted by atomic mass is 9.89. The molecular formula is C25H27NO2S. The second-order valence-corrected chi connectivity index (χ2v) is 9.39. The zero-order chi connectivity index (χ0) is 20.0. The van der Waals surface area contributed by atoms with Gasteiger partial charge in [-0.3, -0.25) is 4.90 Å². The molecule has 3 aromatic rings. The molecule has 0 N–H and O–H groups in total. The number of fused-ring (bicyclic) bond motifs is 6. The van der Waals surface area contributed by atoms with Gasteiger partial charge in [0, 0.05) is 26.4 Å². The lowest BCUT2D eigenvalue weighted by Gasteiger charge is -2.20. The maximum absolute atomic E-state index is 6.45. The molecule has 0 spiro atoms. The van der Waals surface area contributed by atoms with Gasteiger partial charge in [-0.2, -0.15) is 0 Å². The number of nitrogens with zero attached hydrogens (tertiary/aromatic N) is 1. The average molecular weight is 406 g/mol. The molecule has 1 aliphatic carbocycles. The number of aryl methyl sites for hydroxylation is 2. The number of rotatable bonds is 4. The first-order chi connectivity index (χ1) is 14.1. The number of hydrogen-bond acceptors (Lipinski definition) is 4. The molecule has 0 fully saturated rings. The van der Waals surface area contributed by atoms with Crippen LogP contribution in [-0.2, 0) is 24.2 Å². The summed E-state index contributed by atoms with van der Waals surface area (Å²) in [6.45, 7) is 2.71. The fourth-order valence-electron chi connectivity index (χ4n) is 4.19. The van der Waals surface area contributed by atoms with Crippen LogP contribution in [0.1, 0.15) is 35.8 Å². The van der Waals surface area contributed by atoms with Gasteiger partial charge in [0.25, 0.3) is 0 Å². The second kappa shape index (κ2) is 7.60. The molecule has 2 aromatic carbocycles. The van der Waals surface area contributed by atoms with Crippen LogP contribution in [0.4, 0.5) is 0 Å². The fraction of sp³-hybridized carbons (Fsp3) is 0.360. The van der Waals surface area contributed by atoms with Crippen molar-refractivity contribution < 1.29 is 9.47 Å². The van der Waals surface area contributed by atoms with E-state index >= 15 is 0 Å². The van der Waals surface area contributed by atoms with Gasteiger partial charge in [-0.15, -0.1) is 11.3 Å². The van der Waals surface area contributed by atoms with Crippen LogP contribution in [0, 0.1) is 0 Å². The van der Waals surface area contributed by atoms with E-state index in [4.69, 9.17) is 9.47 Å². The van der Waals surface area contributed by atoms with Crippen LogP contribution in [0.2, 0.25) is 0 Å². The van der Waals surface area contributed by atoms with Crippen molar-refractivity contribution >= 4 is 11.3 Å². The predicted octanol–water partition coefficient (Wildman–Crippen LogP) is 6.49. The Kier molecular flexibility index (Phi) is 4.94. The molecule has 2 aliphatic rings. The molecule has 2 heterocycles. The highest BCUT2D eigenvalue weighted by Crippen LogP contribution is 2.51. The highest BCUT2D eigenvalue weighted by molar-refractivity contribution is 7.16. The minimum Gasteiger partial charge on any atom is -0.456 e. The average Bonchev–Trinajstić information content (AvgIpc) is 3.11. The van der Waals surface area contributed by atoms with Crippen molar-refractivity contribution in [1.29, 1.82) is 0 Å². The van der Waals surface area contributed by atoms with E-state index in [0.717, 1.165) is 17.9 Å². The van der Waals surface area contributed by atoms with Crippen LogP contribution in [0.25, 0.3) is 21.6 Å². The van der Waals surface area contributed by atoms with Crippen molar-refractivity contribution in [2.75, 3.05) is 14.1 Å². The van der Waals surface area contributed by atoms with Gasteiger partial charge in [0.05, 0.1) is 6.61 Å². The summed E-state index contributed by atoms with van der Waals surface area (Å²) in [5.41, 5.74) is 6.60. The molecule has 4 heteroatoms. The molecule has 150 valence electrons. The highest BCUT2D eigenvalue weighted by Gasteiger charge is 2.25. The Morgan fingerprint density at radius 1 is 0.966 bits per heavy atom. The predicted molar refractivity (Wildman–Crippen MR) is 120 cm³/mol. The van der Waals surface area contributed by atoms with Crippen LogP contribution in [0.3, 0.4) is 0 Å². The van der Waals surface area contributed by atoms with Gasteiger partial charge in [0.2, 0.25) is 0 Å². The first-order valence-electron chi connectivity index (χ1n) is 10.4. The Bertz CT molecular complexity index is 1050. The molecule has 29 heavy (non-hydrogen) atoms. The minimum absolute atomic E-state index is 0.0897. The minimum atomic E-state index is 0.0897. The molecule has 5 rings (SSSR count). The molecular weight excluding hydrogens is 378 g/mol. The maximum atomic E-state index is 6.45. The van der Waals surface area contributed by atoms with E-state index in [9.17, 15) is 0 Å². The summed E-state index contributed by atoms with van der Waals surface area (Å²) in [5.74, 6) is 1.93. The van der Waals surface area contributed by atoms with E-state index < -0.39 is 0 Å². The first kappa shape index (κ1) is 18.9. The second-order valence-electron chi connectivity index (χ2n) is 8.25. The zero-order valence-electron chi connectivity index (χ0n) is 17.3. The Morgan fingerprint density at radius 3 is 2.52 bits per heavy atom. The van der Waals surface area contributed by atoms with Gasteiger partial charge in [0.15, 0.2) is 0 Å². The van der Waals surface area contributed by atoms with Gasteiger partial charge >= 0.3 is 0 Å². The quantitative estimate of drug-likeness (QED) is 0.362. The van der Waals surface area contributed by atoms with Gasteiger partial charge in [0.1, 0.15) is 17.7 Å². The smallest absolute Gasteiger partial charge is 0.136 e. The summed E-state index contributed by atoms with van der Waals surface area (Å²) in [5, 5.41) is 0. The molecule has 1 unspecified atom stereocenters. The third kappa shape index (κ3) is 3.50. The lowest BCUT2D eigenvalue weighted by molar-refractivity contribution is -0.0318. The monoisotopic (exact) mass is 405 g/mol. The van der Waals surface area contributed by atoms with Crippen molar-refractivity contribution in [2.45, 2.75) is 45.4 Å². The summed E-state index contributed by atoms with van der Waals surface area (Å²) in [7, 11) is 4.09. The van der Waals surface area contributed by atoms with Crippen LogP contribution >= 0.6 is 11.3 Å². The molecule has 1 aromatic heterocycles. The van der Waals surface area contributed by atoms with E-state index in [1.807, 2.05) is 25.4 Å². The third-order valence-corrected chi connectivity index (χ3v) is 7.20. The summed E-state index contributed by atoms with van der Waals surface area (Å²) < 4.78 is 12.5. The maximum Gasteiger partial charge on any atom is 0.136 e. The normalized spacial score (nSPS) is 15.6. The molecule has 0 amide bonds. The van der Waals surface area contributed by atoms with Gasteiger partial charge in [-0.05, 0) is 82.1 Å².